The van der Waals surface area contributed by atoms with Gasteiger partial charge in [0, 0.05) is 42.6 Å². The second-order valence-corrected chi connectivity index (χ2v) is 17.9. The van der Waals surface area contributed by atoms with Crippen LogP contribution in [0.15, 0.2) is 138 Å². The topological polar surface area (TPSA) is 3.24 Å². The van der Waals surface area contributed by atoms with Crippen molar-refractivity contribution in [3.8, 4) is 0 Å². The molecule has 4 aliphatic carbocycles. The molecule has 0 saturated carbocycles. The summed E-state index contributed by atoms with van der Waals surface area (Å²) < 4.78 is 2.74. The van der Waals surface area contributed by atoms with Crippen LogP contribution in [-0.2, 0) is 10.8 Å². The van der Waals surface area contributed by atoms with E-state index >= 15 is 0 Å². The van der Waals surface area contributed by atoms with Gasteiger partial charge in [0.25, 0.3) is 0 Å². The molecular weight excluding hydrogens is 683 g/mol. The van der Waals surface area contributed by atoms with E-state index in [1.165, 1.54) is 75.4 Å². The van der Waals surface area contributed by atoms with Crippen LogP contribution >= 0.6 is 11.3 Å². The van der Waals surface area contributed by atoms with Gasteiger partial charge in [0.05, 0.1) is 5.69 Å². The molecule has 6 aromatic rings. The van der Waals surface area contributed by atoms with Crippen LogP contribution in [0, 0.1) is 12.1 Å². The number of hydrogen-bond acceptors (Lipinski definition) is 2. The first-order valence-electron chi connectivity index (χ1n) is 19.6. The quantitative estimate of drug-likeness (QED) is 0.160. The highest BCUT2D eigenvalue weighted by molar-refractivity contribution is 7.17. The summed E-state index contributed by atoms with van der Waals surface area (Å²) in [5, 5.41) is 5.28. The fourth-order valence-electron chi connectivity index (χ4n) is 9.33. The normalized spacial score (nSPS) is 16.7. The molecule has 0 N–H and O–H groups in total. The van der Waals surface area contributed by atoms with Crippen LogP contribution in [0.25, 0.3) is 43.7 Å². The molecular formula is C53H43NS. The number of allylic oxidation sites excluding steroid dienone is 8. The average Bonchev–Trinajstić information content (AvgIpc) is 3.70. The van der Waals surface area contributed by atoms with Crippen molar-refractivity contribution in [1.29, 1.82) is 0 Å². The van der Waals surface area contributed by atoms with Gasteiger partial charge in [-0.25, -0.2) is 0 Å². The molecule has 0 atom stereocenters. The number of thiophene rings is 1. The Labute approximate surface area is 328 Å². The van der Waals surface area contributed by atoms with Gasteiger partial charge in [0.2, 0.25) is 0 Å². The van der Waals surface area contributed by atoms with E-state index in [2.05, 4.69) is 178 Å². The van der Waals surface area contributed by atoms with E-state index in [9.17, 15) is 0 Å². The van der Waals surface area contributed by atoms with E-state index < -0.39 is 0 Å². The van der Waals surface area contributed by atoms with Crippen molar-refractivity contribution >= 4 is 66.4 Å². The van der Waals surface area contributed by atoms with E-state index in [0.717, 1.165) is 48.1 Å². The van der Waals surface area contributed by atoms with E-state index in [1.54, 1.807) is 0 Å². The summed E-state index contributed by atoms with van der Waals surface area (Å²) in [6.45, 7) is 11.6. The van der Waals surface area contributed by atoms with Crippen LogP contribution in [0.2, 0.25) is 0 Å². The monoisotopic (exact) mass is 725 g/mol. The van der Waals surface area contributed by atoms with E-state index in [-0.39, 0.29) is 10.8 Å². The van der Waals surface area contributed by atoms with Crippen LogP contribution in [0.5, 0.6) is 0 Å². The summed E-state index contributed by atoms with van der Waals surface area (Å²) in [5.41, 5.74) is 21.8. The fraction of sp³-hybridized carbons (Fsp3) is 0.208. The van der Waals surface area contributed by atoms with Gasteiger partial charge >= 0.3 is 0 Å². The highest BCUT2D eigenvalue weighted by atomic mass is 32.1. The lowest BCUT2D eigenvalue weighted by atomic mass is 9.78. The Bertz CT molecular complexity index is 2950. The largest absolute Gasteiger partial charge is 0.306 e. The Morgan fingerprint density at radius 1 is 0.800 bits per heavy atom. The summed E-state index contributed by atoms with van der Waals surface area (Å²) in [6, 6.07) is 41.4. The molecule has 1 aromatic heterocycles. The number of hydrogen-bond donors (Lipinski definition) is 0. The zero-order chi connectivity index (χ0) is 37.5. The molecule has 0 bridgehead atoms. The first kappa shape index (κ1) is 33.7. The van der Waals surface area contributed by atoms with Crippen molar-refractivity contribution in [2.24, 2.45) is 0 Å². The smallest absolute Gasteiger partial charge is 0.106 e. The van der Waals surface area contributed by atoms with Crippen LogP contribution in [0.1, 0.15) is 88.1 Å². The van der Waals surface area contributed by atoms with E-state index in [4.69, 9.17) is 0 Å². The molecule has 10 rings (SSSR count). The van der Waals surface area contributed by atoms with Crippen molar-refractivity contribution in [2.45, 2.75) is 71.1 Å². The minimum atomic E-state index is -0.101. The van der Waals surface area contributed by atoms with Gasteiger partial charge in [0.1, 0.15) is 5.69 Å². The molecule has 1 heterocycles. The third kappa shape index (κ3) is 5.39. The van der Waals surface area contributed by atoms with E-state index in [1.807, 2.05) is 17.4 Å². The molecule has 4 aliphatic rings. The highest BCUT2D eigenvalue weighted by Crippen LogP contribution is 2.53. The summed E-state index contributed by atoms with van der Waals surface area (Å²) >= 11 is 1.94. The van der Waals surface area contributed by atoms with Gasteiger partial charge in [0.15, 0.2) is 0 Å². The molecule has 0 spiro atoms. The van der Waals surface area contributed by atoms with Gasteiger partial charge < -0.3 is 4.90 Å². The SMILES string of the molecule is CC(C)(C)c1c#cc(N(C2=CC3=C(CC2)C(C)(C)c2ccccc23)c2ccc3ccccc3c2C2=c3sc4ccccc4c3=CCC2)c(C2=C=C=CC=C2)c1. The summed E-state index contributed by atoms with van der Waals surface area (Å²) in [6.07, 6.45) is 15.0. The van der Waals surface area contributed by atoms with Gasteiger partial charge in [-0.3, -0.25) is 0 Å². The first-order chi connectivity index (χ1) is 26.7. The number of benzene rings is 4. The molecule has 0 saturated heterocycles. The van der Waals surface area contributed by atoms with E-state index in [0.29, 0.717) is 0 Å². The van der Waals surface area contributed by atoms with Crippen molar-refractivity contribution in [2.75, 3.05) is 4.90 Å². The number of fused-ring (bicyclic) bond motifs is 6. The summed E-state index contributed by atoms with van der Waals surface area (Å²) in [7, 11) is 0. The molecule has 0 unspecified atom stereocenters. The van der Waals surface area contributed by atoms with Crippen molar-refractivity contribution in [3.05, 3.63) is 188 Å². The lowest BCUT2D eigenvalue weighted by Crippen LogP contribution is -2.27. The molecule has 0 aliphatic heterocycles. The second kappa shape index (κ2) is 12.6. The minimum absolute atomic E-state index is 0.00677. The predicted octanol–water partition coefficient (Wildman–Crippen LogP) is 12.5. The average molecular weight is 726 g/mol. The first-order valence-corrected chi connectivity index (χ1v) is 20.4. The van der Waals surface area contributed by atoms with Gasteiger partial charge in [-0.15, -0.1) is 11.3 Å². The van der Waals surface area contributed by atoms with Crippen molar-refractivity contribution in [1.82, 2.24) is 0 Å². The number of anilines is 2. The maximum absolute atomic E-state index is 3.82. The van der Waals surface area contributed by atoms with Crippen molar-refractivity contribution < 1.29 is 0 Å². The molecule has 1 nitrogen and oxygen atoms in total. The fourth-order valence-corrected chi connectivity index (χ4v) is 10.6. The van der Waals surface area contributed by atoms with Gasteiger partial charge in [-0.05, 0) is 117 Å². The van der Waals surface area contributed by atoms with Crippen LogP contribution in [0.3, 0.4) is 0 Å². The lowest BCUT2D eigenvalue weighted by Gasteiger charge is -2.35. The van der Waals surface area contributed by atoms with Crippen LogP contribution in [-0.4, -0.2) is 0 Å². The molecule has 0 amide bonds. The zero-order valence-corrected chi connectivity index (χ0v) is 33.0. The Balaban J connectivity index is 1.32. The zero-order valence-electron chi connectivity index (χ0n) is 32.2. The highest BCUT2D eigenvalue weighted by Gasteiger charge is 2.39. The molecule has 55 heavy (non-hydrogen) atoms. The summed E-state index contributed by atoms with van der Waals surface area (Å²) in [4.78, 5) is 2.55. The predicted molar refractivity (Wildman–Crippen MR) is 234 cm³/mol. The minimum Gasteiger partial charge on any atom is -0.306 e. The van der Waals surface area contributed by atoms with Gasteiger partial charge in [-0.1, -0.05) is 143 Å². The maximum atomic E-state index is 3.82. The Hall–Kier alpha value is -5.80. The van der Waals surface area contributed by atoms with Gasteiger partial charge in [-0.2, -0.15) is 0 Å². The molecule has 266 valence electrons. The molecule has 2 heteroatoms. The second-order valence-electron chi connectivity index (χ2n) is 16.8. The van der Waals surface area contributed by atoms with Crippen LogP contribution in [0.4, 0.5) is 11.4 Å². The van der Waals surface area contributed by atoms with Crippen molar-refractivity contribution in [3.63, 3.8) is 0 Å². The molecule has 0 fully saturated rings. The number of nitrogens with zero attached hydrogens (tertiary/aromatic N) is 1. The Morgan fingerprint density at radius 3 is 2.44 bits per heavy atom. The Kier molecular flexibility index (Phi) is 7.75. The Morgan fingerprint density at radius 2 is 1.60 bits per heavy atom. The van der Waals surface area contributed by atoms with Crippen LogP contribution < -0.4 is 14.7 Å². The summed E-state index contributed by atoms with van der Waals surface area (Å²) in [5.74, 6) is 0. The lowest BCUT2D eigenvalue weighted by molar-refractivity contribution is 0.590. The third-order valence-electron chi connectivity index (χ3n) is 12.1. The maximum Gasteiger partial charge on any atom is 0.106 e. The number of rotatable bonds is 5. The third-order valence-corrected chi connectivity index (χ3v) is 13.4. The standard InChI is InChI=1S/C53H43NS/c1-52(2,3)36-27-31-47(43(32-36)34-16-7-6-8-17-34)54(37-28-29-46-44(33-37)39-20-11-13-24-45(39)53(46,4)5)48-30-26-35-18-9-10-19-38(35)50(48)42-23-15-22-41-40-21-12-14-25-49(40)55-51(41)42/h6-7,9-14,16,18-22,24-26,30,32-33H,15,23,28-29H2,1-5H3. The molecule has 0 radical (unpaired) electrons. The molecule has 5 aromatic carbocycles.